The Balaban J connectivity index is 2.26. The number of pyridine rings is 1. The van der Waals surface area contributed by atoms with Crippen LogP contribution in [0, 0.1) is 6.92 Å². The third kappa shape index (κ3) is 2.88. The zero-order valence-corrected chi connectivity index (χ0v) is 12.8. The van der Waals surface area contributed by atoms with Crippen molar-refractivity contribution in [1.29, 1.82) is 0 Å². The molecule has 3 nitrogen and oxygen atoms in total. The highest BCUT2D eigenvalue weighted by atomic mass is 35.5. The molecule has 0 amide bonds. The maximum atomic E-state index is 6.12. The SMILES string of the molecule is Cc1ncsc1CN(C)c1nc(Cl)c(Cl)cc1Cl. The molecule has 0 aliphatic carbocycles. The first kappa shape index (κ1) is 13.9. The van der Waals surface area contributed by atoms with Crippen LogP contribution in [0.4, 0.5) is 5.82 Å². The molecule has 0 spiro atoms. The first-order valence-corrected chi connectivity index (χ1v) is 7.12. The first-order valence-electron chi connectivity index (χ1n) is 5.10. The molecule has 2 aromatic heterocycles. The molecular weight excluding hydrogens is 313 g/mol. The summed E-state index contributed by atoms with van der Waals surface area (Å²) in [6.07, 6.45) is 0. The molecule has 2 aromatic rings. The second kappa shape index (κ2) is 5.61. The first-order chi connectivity index (χ1) is 8.49. The molecule has 0 aromatic carbocycles. The molecule has 0 radical (unpaired) electrons. The van der Waals surface area contributed by atoms with E-state index in [9.17, 15) is 0 Å². The van der Waals surface area contributed by atoms with E-state index in [0.29, 0.717) is 22.4 Å². The standard InChI is InChI=1S/C11H10Cl3N3S/c1-6-9(18-5-15-6)4-17(2)11-8(13)3-7(12)10(14)16-11/h3,5H,4H2,1-2H3. The number of rotatable bonds is 3. The smallest absolute Gasteiger partial charge is 0.150 e. The van der Waals surface area contributed by atoms with Crippen molar-refractivity contribution in [2.75, 3.05) is 11.9 Å². The van der Waals surface area contributed by atoms with Crippen LogP contribution in [0.3, 0.4) is 0 Å². The van der Waals surface area contributed by atoms with Crippen LogP contribution in [-0.4, -0.2) is 17.0 Å². The fourth-order valence-corrected chi connectivity index (χ4v) is 2.94. The van der Waals surface area contributed by atoms with Gasteiger partial charge in [-0.1, -0.05) is 34.8 Å². The van der Waals surface area contributed by atoms with Crippen molar-refractivity contribution in [2.24, 2.45) is 0 Å². The van der Waals surface area contributed by atoms with Crippen molar-refractivity contribution in [2.45, 2.75) is 13.5 Å². The van der Waals surface area contributed by atoms with Gasteiger partial charge in [-0.25, -0.2) is 9.97 Å². The van der Waals surface area contributed by atoms with Crippen LogP contribution >= 0.6 is 46.1 Å². The van der Waals surface area contributed by atoms with Gasteiger partial charge in [0.25, 0.3) is 0 Å². The second-order valence-corrected chi connectivity index (χ2v) is 5.90. The third-order valence-electron chi connectivity index (χ3n) is 2.46. The molecule has 2 rings (SSSR count). The van der Waals surface area contributed by atoms with E-state index in [0.717, 1.165) is 5.69 Å². The third-order valence-corrected chi connectivity index (χ3v) is 4.33. The van der Waals surface area contributed by atoms with Crippen molar-refractivity contribution in [3.63, 3.8) is 0 Å². The zero-order valence-electron chi connectivity index (χ0n) is 9.75. The molecule has 0 aliphatic heterocycles. The lowest BCUT2D eigenvalue weighted by atomic mass is 10.3. The predicted molar refractivity (Wildman–Crippen MR) is 78.2 cm³/mol. The van der Waals surface area contributed by atoms with Gasteiger partial charge in [0, 0.05) is 11.9 Å². The number of aryl methyl sites for hydroxylation is 1. The Morgan fingerprint density at radius 1 is 1.28 bits per heavy atom. The van der Waals surface area contributed by atoms with Crippen LogP contribution < -0.4 is 4.90 Å². The van der Waals surface area contributed by atoms with E-state index in [2.05, 4.69) is 9.97 Å². The molecule has 0 fully saturated rings. The minimum absolute atomic E-state index is 0.254. The molecule has 0 aliphatic rings. The predicted octanol–water partition coefficient (Wildman–Crippen LogP) is 4.44. The Bertz CT molecular complexity index is 571. The lowest BCUT2D eigenvalue weighted by molar-refractivity contribution is 0.901. The van der Waals surface area contributed by atoms with Gasteiger partial charge in [0.05, 0.1) is 27.8 Å². The highest BCUT2D eigenvalue weighted by Gasteiger charge is 2.13. The number of hydrogen-bond donors (Lipinski definition) is 0. The van der Waals surface area contributed by atoms with Crippen molar-refractivity contribution in [3.8, 4) is 0 Å². The van der Waals surface area contributed by atoms with E-state index in [-0.39, 0.29) is 5.15 Å². The number of thiazole rings is 1. The summed E-state index contributed by atoms with van der Waals surface area (Å²) in [5.41, 5.74) is 2.84. The van der Waals surface area contributed by atoms with Crippen LogP contribution in [0.1, 0.15) is 10.6 Å². The monoisotopic (exact) mass is 321 g/mol. The summed E-state index contributed by atoms with van der Waals surface area (Å²) < 4.78 is 0. The average molecular weight is 323 g/mol. The van der Waals surface area contributed by atoms with E-state index in [1.165, 1.54) is 4.88 Å². The zero-order chi connectivity index (χ0) is 13.3. The van der Waals surface area contributed by atoms with E-state index in [1.807, 2.05) is 24.4 Å². The second-order valence-electron chi connectivity index (χ2n) is 3.78. The number of nitrogens with zero attached hydrogens (tertiary/aromatic N) is 3. The van der Waals surface area contributed by atoms with E-state index in [4.69, 9.17) is 34.8 Å². The van der Waals surface area contributed by atoms with Crippen LogP contribution in [-0.2, 0) is 6.54 Å². The van der Waals surface area contributed by atoms with Gasteiger partial charge in [-0.2, -0.15) is 0 Å². The molecule has 0 atom stereocenters. The summed E-state index contributed by atoms with van der Waals surface area (Å²) in [6, 6.07) is 1.60. The topological polar surface area (TPSA) is 29.0 Å². The van der Waals surface area contributed by atoms with Crippen molar-refractivity contribution in [1.82, 2.24) is 9.97 Å². The van der Waals surface area contributed by atoms with Gasteiger partial charge in [0.15, 0.2) is 0 Å². The quantitative estimate of drug-likeness (QED) is 0.782. The fourth-order valence-electron chi connectivity index (χ4n) is 1.47. The van der Waals surface area contributed by atoms with Gasteiger partial charge >= 0.3 is 0 Å². The lowest BCUT2D eigenvalue weighted by Gasteiger charge is -2.19. The highest BCUT2D eigenvalue weighted by molar-refractivity contribution is 7.09. The van der Waals surface area contributed by atoms with Crippen molar-refractivity contribution >= 4 is 52.0 Å². The van der Waals surface area contributed by atoms with E-state index in [1.54, 1.807) is 17.4 Å². The molecule has 0 saturated heterocycles. The van der Waals surface area contributed by atoms with E-state index >= 15 is 0 Å². The summed E-state index contributed by atoms with van der Waals surface area (Å²) in [4.78, 5) is 11.5. The summed E-state index contributed by atoms with van der Waals surface area (Å²) >= 11 is 19.5. The normalized spacial score (nSPS) is 10.7. The van der Waals surface area contributed by atoms with Gasteiger partial charge < -0.3 is 4.90 Å². The average Bonchev–Trinajstić information content (AvgIpc) is 2.69. The molecule has 96 valence electrons. The number of halogens is 3. The molecule has 0 saturated carbocycles. The van der Waals surface area contributed by atoms with Crippen molar-refractivity contribution in [3.05, 3.63) is 37.3 Å². The number of hydrogen-bond acceptors (Lipinski definition) is 4. The molecule has 0 N–H and O–H groups in total. The van der Waals surface area contributed by atoms with Crippen LogP contribution in [0.15, 0.2) is 11.6 Å². The van der Waals surface area contributed by atoms with Gasteiger partial charge in [-0.05, 0) is 13.0 Å². The number of anilines is 1. The molecule has 0 bridgehead atoms. The maximum Gasteiger partial charge on any atom is 0.150 e. The Hall–Kier alpha value is -0.550. The number of aromatic nitrogens is 2. The Labute approximate surface area is 124 Å². The van der Waals surface area contributed by atoms with E-state index < -0.39 is 0 Å². The van der Waals surface area contributed by atoms with Gasteiger partial charge in [-0.3, -0.25) is 0 Å². The fraction of sp³-hybridized carbons (Fsp3) is 0.273. The molecule has 7 heteroatoms. The highest BCUT2D eigenvalue weighted by Crippen LogP contribution is 2.31. The summed E-state index contributed by atoms with van der Waals surface area (Å²) in [6.45, 7) is 2.66. The van der Waals surface area contributed by atoms with Gasteiger partial charge in [-0.15, -0.1) is 11.3 Å². The summed E-state index contributed by atoms with van der Waals surface area (Å²) in [5, 5.41) is 1.09. The molecule has 0 unspecified atom stereocenters. The Morgan fingerprint density at radius 2 is 2.00 bits per heavy atom. The van der Waals surface area contributed by atoms with Gasteiger partial charge in [0.2, 0.25) is 0 Å². The molecule has 2 heterocycles. The van der Waals surface area contributed by atoms with Gasteiger partial charge in [0.1, 0.15) is 11.0 Å². The Morgan fingerprint density at radius 3 is 2.61 bits per heavy atom. The molecule has 18 heavy (non-hydrogen) atoms. The van der Waals surface area contributed by atoms with Crippen LogP contribution in [0.5, 0.6) is 0 Å². The summed E-state index contributed by atoms with van der Waals surface area (Å²) in [5.74, 6) is 0.610. The maximum absolute atomic E-state index is 6.12. The van der Waals surface area contributed by atoms with Crippen molar-refractivity contribution < 1.29 is 0 Å². The molecular formula is C11H10Cl3N3S. The van der Waals surface area contributed by atoms with Crippen LogP contribution in [0.25, 0.3) is 0 Å². The largest absolute Gasteiger partial charge is 0.353 e. The minimum Gasteiger partial charge on any atom is -0.353 e. The Kier molecular flexibility index (Phi) is 4.33. The summed E-state index contributed by atoms with van der Waals surface area (Å²) in [7, 11) is 1.90. The minimum atomic E-state index is 0.254. The lowest BCUT2D eigenvalue weighted by Crippen LogP contribution is -2.18. The van der Waals surface area contributed by atoms with Crippen LogP contribution in [0.2, 0.25) is 15.2 Å².